The van der Waals surface area contributed by atoms with Gasteiger partial charge in [-0.15, -0.1) is 0 Å². The maximum atomic E-state index is 2.39. The average Bonchev–Trinajstić information content (AvgIpc) is 2.44. The van der Waals surface area contributed by atoms with Crippen molar-refractivity contribution in [1.82, 2.24) is 0 Å². The fraction of sp³-hybridized carbons (Fsp3) is 0.500. The quantitative estimate of drug-likeness (QED) is 0.657. The highest BCUT2D eigenvalue weighted by Crippen LogP contribution is 2.28. The van der Waals surface area contributed by atoms with Crippen LogP contribution in [0, 0.1) is 0 Å². The van der Waals surface area contributed by atoms with Crippen LogP contribution in [0.1, 0.15) is 52.7 Å². The second-order valence-electron chi connectivity index (χ2n) is 8.49. The van der Waals surface area contributed by atoms with Crippen molar-refractivity contribution in [3.05, 3.63) is 47.8 Å². The van der Waals surface area contributed by atoms with E-state index in [1.165, 1.54) is 22.5 Å². The highest BCUT2D eigenvalue weighted by Gasteiger charge is 2.32. The van der Waals surface area contributed by atoms with Crippen LogP contribution in [0.5, 0.6) is 0 Å². The van der Waals surface area contributed by atoms with Crippen LogP contribution in [0.3, 0.4) is 0 Å². The molecule has 0 fully saturated rings. The summed E-state index contributed by atoms with van der Waals surface area (Å²) >= 11 is 0. The molecule has 0 atom stereocenters. The Hall–Kier alpha value is -1.70. The Balaban J connectivity index is 2.18. The fourth-order valence-corrected chi connectivity index (χ4v) is 3.04. The monoisotopic (exact) mass is 296 g/mol. The number of aromatic nitrogens is 2. The lowest BCUT2D eigenvalue weighted by molar-refractivity contribution is -0.795. The summed E-state index contributed by atoms with van der Waals surface area (Å²) in [6, 6.07) is 9.29. The second kappa shape index (κ2) is 4.91. The van der Waals surface area contributed by atoms with Crippen molar-refractivity contribution in [3.63, 3.8) is 0 Å². The van der Waals surface area contributed by atoms with Gasteiger partial charge in [0.2, 0.25) is 13.1 Å². The lowest BCUT2D eigenvalue weighted by atomic mass is 9.85. The topological polar surface area (TPSA) is 7.76 Å². The summed E-state index contributed by atoms with van der Waals surface area (Å²) in [4.78, 5) is 0. The van der Waals surface area contributed by atoms with Crippen molar-refractivity contribution in [2.45, 2.75) is 65.5 Å². The van der Waals surface area contributed by atoms with Crippen molar-refractivity contribution in [2.75, 3.05) is 0 Å². The van der Waals surface area contributed by atoms with Crippen LogP contribution in [0.15, 0.2) is 36.7 Å². The molecule has 22 heavy (non-hydrogen) atoms. The van der Waals surface area contributed by atoms with Crippen LogP contribution in [-0.2, 0) is 23.9 Å². The summed E-state index contributed by atoms with van der Waals surface area (Å²) in [5.41, 5.74) is 5.83. The number of aryl methyl sites for hydroxylation is 2. The third-order valence-electron chi connectivity index (χ3n) is 4.65. The molecule has 116 valence electrons. The summed E-state index contributed by atoms with van der Waals surface area (Å²) in [7, 11) is 0. The molecule has 1 aliphatic heterocycles. The molecule has 0 saturated carbocycles. The van der Waals surface area contributed by atoms with E-state index >= 15 is 0 Å². The fourth-order valence-electron chi connectivity index (χ4n) is 3.04. The predicted octanol–water partition coefficient (Wildman–Crippen LogP) is 3.54. The Kier molecular flexibility index (Phi) is 3.39. The van der Waals surface area contributed by atoms with Gasteiger partial charge in [-0.2, -0.15) is 9.13 Å². The Labute approximate surface area is 134 Å². The maximum Gasteiger partial charge on any atom is 0.277 e. The van der Waals surface area contributed by atoms with Crippen molar-refractivity contribution in [1.29, 1.82) is 0 Å². The first kappa shape index (κ1) is 15.2. The molecule has 3 rings (SSSR count). The van der Waals surface area contributed by atoms with Gasteiger partial charge in [-0.05, 0) is 22.0 Å². The van der Waals surface area contributed by atoms with E-state index < -0.39 is 0 Å². The Morgan fingerprint density at radius 2 is 1.05 bits per heavy atom. The molecular weight excluding hydrogens is 268 g/mol. The van der Waals surface area contributed by atoms with Crippen LogP contribution in [0.2, 0.25) is 0 Å². The molecule has 2 aromatic heterocycles. The van der Waals surface area contributed by atoms with E-state index in [0.29, 0.717) is 0 Å². The predicted molar refractivity (Wildman–Crippen MR) is 89.7 cm³/mol. The van der Waals surface area contributed by atoms with Crippen molar-refractivity contribution in [2.24, 2.45) is 0 Å². The van der Waals surface area contributed by atoms with Gasteiger partial charge in [0, 0.05) is 24.3 Å². The zero-order chi connectivity index (χ0) is 16.1. The van der Waals surface area contributed by atoms with Gasteiger partial charge in [0.25, 0.3) is 11.4 Å². The van der Waals surface area contributed by atoms with Gasteiger partial charge in [-0.25, -0.2) is 0 Å². The van der Waals surface area contributed by atoms with Gasteiger partial charge in [0.15, 0.2) is 12.4 Å². The second-order valence-corrected chi connectivity index (χ2v) is 8.49. The standard InChI is InChI=1S/C20H28N2/c1-19(2,3)15-7-9-21-11-12-22-10-8-16(20(4,5)6)14-18(22)17(21)13-15/h7-10,13-14H,11-12H2,1-6H3/q+2. The Morgan fingerprint density at radius 3 is 1.36 bits per heavy atom. The van der Waals surface area contributed by atoms with E-state index in [4.69, 9.17) is 0 Å². The van der Waals surface area contributed by atoms with Gasteiger partial charge in [0.05, 0.1) is 0 Å². The van der Waals surface area contributed by atoms with Crippen molar-refractivity contribution in [3.8, 4) is 11.4 Å². The molecule has 0 amide bonds. The van der Waals surface area contributed by atoms with E-state index in [2.05, 4.69) is 87.3 Å². The maximum absolute atomic E-state index is 2.39. The number of pyridine rings is 2. The summed E-state index contributed by atoms with van der Waals surface area (Å²) in [5.74, 6) is 0. The van der Waals surface area contributed by atoms with E-state index in [1.807, 2.05) is 0 Å². The molecule has 0 bridgehead atoms. The van der Waals surface area contributed by atoms with Gasteiger partial charge >= 0.3 is 0 Å². The molecule has 0 spiro atoms. The Bertz CT molecular complexity index is 652. The van der Waals surface area contributed by atoms with Gasteiger partial charge in [-0.1, -0.05) is 41.5 Å². The number of hydrogen-bond acceptors (Lipinski definition) is 0. The number of nitrogens with zero attached hydrogens (tertiary/aromatic N) is 2. The van der Waals surface area contributed by atoms with Crippen molar-refractivity contribution >= 4 is 0 Å². The molecule has 0 aromatic carbocycles. The van der Waals surface area contributed by atoms with E-state index in [0.717, 1.165) is 13.1 Å². The first-order valence-electron chi connectivity index (χ1n) is 8.24. The van der Waals surface area contributed by atoms with Crippen LogP contribution in [0.25, 0.3) is 11.4 Å². The highest BCUT2D eigenvalue weighted by molar-refractivity contribution is 5.51. The number of fused-ring (bicyclic) bond motifs is 3. The summed E-state index contributed by atoms with van der Waals surface area (Å²) in [6.07, 6.45) is 4.51. The zero-order valence-electron chi connectivity index (χ0n) is 14.8. The van der Waals surface area contributed by atoms with Gasteiger partial charge in [-0.3, -0.25) is 0 Å². The largest absolute Gasteiger partial charge is 0.277 e. The molecule has 0 N–H and O–H groups in total. The lowest BCUT2D eigenvalue weighted by Crippen LogP contribution is -2.53. The molecule has 0 radical (unpaired) electrons. The lowest BCUT2D eigenvalue weighted by Gasteiger charge is -2.21. The molecular formula is C20H28N2+2. The minimum atomic E-state index is 0.180. The molecule has 0 unspecified atom stereocenters. The summed E-state index contributed by atoms with van der Waals surface area (Å²) in [5, 5.41) is 0. The molecule has 2 nitrogen and oxygen atoms in total. The minimum absolute atomic E-state index is 0.180. The van der Waals surface area contributed by atoms with Gasteiger partial charge in [0.1, 0.15) is 0 Å². The van der Waals surface area contributed by atoms with Gasteiger partial charge < -0.3 is 0 Å². The molecule has 0 aliphatic carbocycles. The smallest absolute Gasteiger partial charge is 0.186 e. The average molecular weight is 296 g/mol. The first-order valence-corrected chi connectivity index (χ1v) is 8.24. The summed E-state index contributed by atoms with van der Waals surface area (Å²) in [6.45, 7) is 15.8. The minimum Gasteiger partial charge on any atom is -0.186 e. The molecule has 0 saturated heterocycles. The van der Waals surface area contributed by atoms with E-state index in [1.54, 1.807) is 0 Å². The molecule has 2 heteroatoms. The number of hydrogen-bond donors (Lipinski definition) is 0. The third-order valence-corrected chi connectivity index (χ3v) is 4.65. The van der Waals surface area contributed by atoms with Crippen LogP contribution >= 0.6 is 0 Å². The number of rotatable bonds is 0. The third kappa shape index (κ3) is 2.67. The van der Waals surface area contributed by atoms with Crippen molar-refractivity contribution < 1.29 is 9.13 Å². The first-order chi connectivity index (χ1) is 10.2. The van der Waals surface area contributed by atoms with Crippen LogP contribution in [-0.4, -0.2) is 0 Å². The Morgan fingerprint density at radius 1 is 0.682 bits per heavy atom. The SMILES string of the molecule is CC(C)(C)c1cc[n+]2c(c1)-c1cc(C(C)(C)C)cc[n+]1CC2. The van der Waals surface area contributed by atoms with E-state index in [-0.39, 0.29) is 10.8 Å². The highest BCUT2D eigenvalue weighted by atomic mass is 15.1. The summed E-state index contributed by atoms with van der Waals surface area (Å²) < 4.78 is 4.77. The molecule has 2 aromatic rings. The zero-order valence-corrected chi connectivity index (χ0v) is 14.8. The van der Waals surface area contributed by atoms with Crippen LogP contribution < -0.4 is 9.13 Å². The normalized spacial score (nSPS) is 14.5. The van der Waals surface area contributed by atoms with Crippen LogP contribution in [0.4, 0.5) is 0 Å². The molecule has 1 aliphatic rings. The van der Waals surface area contributed by atoms with E-state index in [9.17, 15) is 0 Å². The molecule has 3 heterocycles.